The van der Waals surface area contributed by atoms with Gasteiger partial charge in [-0.25, -0.2) is 13.6 Å². The van der Waals surface area contributed by atoms with Gasteiger partial charge < -0.3 is 26.3 Å². The lowest BCUT2D eigenvalue weighted by Gasteiger charge is -2.30. The van der Waals surface area contributed by atoms with Crippen molar-refractivity contribution >= 4 is 11.6 Å². The molecule has 1 aromatic heterocycles. The van der Waals surface area contributed by atoms with Crippen LogP contribution in [0.2, 0.25) is 0 Å². The Bertz CT molecular complexity index is 1030. The number of hydrogen-bond donors (Lipinski definition) is 4. The van der Waals surface area contributed by atoms with Crippen LogP contribution in [0.3, 0.4) is 0 Å². The largest absolute Gasteiger partial charge is 0.402 e. The predicted molar refractivity (Wildman–Crippen MR) is 110 cm³/mol. The summed E-state index contributed by atoms with van der Waals surface area (Å²) in [4.78, 5) is 30.4. The van der Waals surface area contributed by atoms with Crippen LogP contribution in [0.25, 0.3) is 5.70 Å². The van der Waals surface area contributed by atoms with E-state index >= 15 is 0 Å². The number of amides is 1. The first-order chi connectivity index (χ1) is 14.3. The number of aromatic nitrogens is 2. The van der Waals surface area contributed by atoms with Gasteiger partial charge in [-0.2, -0.15) is 0 Å². The van der Waals surface area contributed by atoms with Crippen LogP contribution in [0.5, 0.6) is 0 Å². The molecule has 1 unspecified atom stereocenters. The number of benzene rings is 1. The minimum absolute atomic E-state index is 0.0301. The molecular weight excluding hydrogens is 392 g/mol. The third-order valence-corrected chi connectivity index (χ3v) is 5.33. The molecule has 9 heteroatoms. The van der Waals surface area contributed by atoms with Crippen LogP contribution < -0.4 is 17.2 Å². The van der Waals surface area contributed by atoms with Crippen molar-refractivity contribution in [3.05, 3.63) is 75.1 Å². The fourth-order valence-corrected chi connectivity index (χ4v) is 3.72. The van der Waals surface area contributed by atoms with Crippen molar-refractivity contribution < 1.29 is 13.6 Å². The zero-order valence-electron chi connectivity index (χ0n) is 16.7. The van der Waals surface area contributed by atoms with Crippen molar-refractivity contribution in [2.24, 2.45) is 17.4 Å². The number of nitrogens with one attached hydrogen (secondary N) is 2. The fraction of sp³-hybridized carbons (Fsp3) is 0.333. The lowest BCUT2D eigenvalue weighted by molar-refractivity contribution is 0.0736. The number of rotatable bonds is 6. The molecule has 1 amide bonds. The van der Waals surface area contributed by atoms with E-state index in [0.29, 0.717) is 30.8 Å². The van der Waals surface area contributed by atoms with E-state index < -0.39 is 17.3 Å². The fourth-order valence-electron chi connectivity index (χ4n) is 3.72. The molecule has 0 fully saturated rings. The zero-order chi connectivity index (χ0) is 21.8. The Labute approximate surface area is 172 Å². The lowest BCUT2D eigenvalue weighted by atomic mass is 9.86. The molecule has 160 valence electrons. The Morgan fingerprint density at radius 1 is 1.33 bits per heavy atom. The van der Waals surface area contributed by atoms with E-state index in [9.17, 15) is 18.4 Å². The van der Waals surface area contributed by atoms with Gasteiger partial charge in [-0.05, 0) is 50.0 Å². The predicted octanol–water partition coefficient (Wildman–Crippen LogP) is 2.46. The van der Waals surface area contributed by atoms with Crippen molar-refractivity contribution in [1.82, 2.24) is 14.9 Å². The minimum atomic E-state index is -0.737. The average Bonchev–Trinajstić information content (AvgIpc) is 3.14. The standard InChI is InChI=1S/C21H25F2N5O2/c1-2-28(20(29)17-10-26-21(30)27-17)11-13-6-3-5-12(19(13)25)9-16(24)18-14(22)7-4-8-15(18)23/h4,7-10,13H,2-3,5-6,11,24-25H2,1H3,(H2,26,27,30)/b16-9-. The summed E-state index contributed by atoms with van der Waals surface area (Å²) in [5.74, 6) is -1.91. The maximum Gasteiger partial charge on any atom is 0.323 e. The summed E-state index contributed by atoms with van der Waals surface area (Å²) in [5.41, 5.74) is 13.0. The smallest absolute Gasteiger partial charge is 0.323 e. The number of halogens is 2. The second-order valence-electron chi connectivity index (χ2n) is 7.27. The van der Waals surface area contributed by atoms with Gasteiger partial charge in [-0.3, -0.25) is 4.79 Å². The van der Waals surface area contributed by atoms with Crippen LogP contribution in [0.4, 0.5) is 8.78 Å². The second-order valence-corrected chi connectivity index (χ2v) is 7.27. The van der Waals surface area contributed by atoms with E-state index in [2.05, 4.69) is 9.97 Å². The first-order valence-electron chi connectivity index (χ1n) is 9.78. The number of hydrogen-bond acceptors (Lipinski definition) is 4. The third kappa shape index (κ3) is 4.45. The highest BCUT2D eigenvalue weighted by Gasteiger charge is 2.26. The van der Waals surface area contributed by atoms with Crippen LogP contribution in [0.15, 0.2) is 46.5 Å². The SMILES string of the molecule is CCN(CC1CCCC(/C=C(\N)c2c(F)cccc2F)=C1N)C(=O)c1c[nH]c(=O)[nH]1. The molecule has 30 heavy (non-hydrogen) atoms. The number of H-pyrrole nitrogens is 2. The number of nitrogens with two attached hydrogens (primary N) is 2. The second kappa shape index (κ2) is 8.98. The molecular formula is C21H25F2N5O2. The summed E-state index contributed by atoms with van der Waals surface area (Å²) in [5, 5.41) is 0. The normalized spacial score (nSPS) is 17.3. The Morgan fingerprint density at radius 2 is 2.03 bits per heavy atom. The van der Waals surface area contributed by atoms with Crippen molar-refractivity contribution in [3.8, 4) is 0 Å². The van der Waals surface area contributed by atoms with Crippen molar-refractivity contribution in [1.29, 1.82) is 0 Å². The Morgan fingerprint density at radius 3 is 2.63 bits per heavy atom. The molecule has 1 heterocycles. The Hall–Kier alpha value is -3.36. The molecule has 6 N–H and O–H groups in total. The van der Waals surface area contributed by atoms with E-state index in [0.717, 1.165) is 25.0 Å². The van der Waals surface area contributed by atoms with Gasteiger partial charge in [-0.15, -0.1) is 0 Å². The molecule has 0 saturated carbocycles. The molecule has 1 aromatic carbocycles. The van der Waals surface area contributed by atoms with Gasteiger partial charge in [-0.1, -0.05) is 6.07 Å². The van der Waals surface area contributed by atoms with E-state index in [1.807, 2.05) is 6.92 Å². The monoisotopic (exact) mass is 417 g/mol. The van der Waals surface area contributed by atoms with Crippen LogP contribution in [0.1, 0.15) is 42.2 Å². The lowest BCUT2D eigenvalue weighted by Crippen LogP contribution is -2.38. The molecule has 0 aliphatic heterocycles. The summed E-state index contributed by atoms with van der Waals surface area (Å²) in [6, 6.07) is 3.58. The molecule has 2 aromatic rings. The van der Waals surface area contributed by atoms with Gasteiger partial charge in [0, 0.05) is 36.6 Å². The Balaban J connectivity index is 1.84. The summed E-state index contributed by atoms with van der Waals surface area (Å²) in [6.45, 7) is 2.63. The number of imidazole rings is 1. The molecule has 0 radical (unpaired) electrons. The number of nitrogens with zero attached hydrogens (tertiary/aromatic N) is 1. The first-order valence-corrected chi connectivity index (χ1v) is 9.78. The quantitative estimate of drug-likeness (QED) is 0.577. The van der Waals surface area contributed by atoms with Gasteiger partial charge >= 0.3 is 5.69 Å². The van der Waals surface area contributed by atoms with Crippen molar-refractivity contribution in [2.45, 2.75) is 26.2 Å². The molecule has 1 atom stereocenters. The first kappa shape index (κ1) is 21.4. The maximum absolute atomic E-state index is 14.0. The molecule has 0 bridgehead atoms. The molecule has 1 aliphatic rings. The van der Waals surface area contributed by atoms with Crippen LogP contribution in [0, 0.1) is 17.6 Å². The number of allylic oxidation sites excluding steroid dienone is 2. The summed E-state index contributed by atoms with van der Waals surface area (Å²) >= 11 is 0. The van der Waals surface area contributed by atoms with Gasteiger partial charge in [0.05, 0.1) is 5.56 Å². The highest BCUT2D eigenvalue weighted by atomic mass is 19.1. The van der Waals surface area contributed by atoms with Crippen LogP contribution in [-0.4, -0.2) is 33.9 Å². The summed E-state index contributed by atoms with van der Waals surface area (Å²) < 4.78 is 28.0. The van der Waals surface area contributed by atoms with Gasteiger partial charge in [0.1, 0.15) is 17.3 Å². The molecule has 7 nitrogen and oxygen atoms in total. The van der Waals surface area contributed by atoms with Crippen LogP contribution in [-0.2, 0) is 0 Å². The molecule has 0 spiro atoms. The maximum atomic E-state index is 14.0. The zero-order valence-corrected chi connectivity index (χ0v) is 16.7. The van der Waals surface area contributed by atoms with Crippen LogP contribution >= 0.6 is 0 Å². The summed E-state index contributed by atoms with van der Waals surface area (Å²) in [6.07, 6.45) is 5.06. The molecule has 3 rings (SSSR count). The molecule has 0 saturated heterocycles. The highest BCUT2D eigenvalue weighted by molar-refractivity contribution is 5.92. The highest BCUT2D eigenvalue weighted by Crippen LogP contribution is 2.30. The Kier molecular flexibility index (Phi) is 6.39. The van der Waals surface area contributed by atoms with Gasteiger partial charge in [0.25, 0.3) is 5.91 Å². The van der Waals surface area contributed by atoms with Crippen molar-refractivity contribution in [2.75, 3.05) is 13.1 Å². The topological polar surface area (TPSA) is 121 Å². The van der Waals surface area contributed by atoms with E-state index in [4.69, 9.17) is 11.5 Å². The minimum Gasteiger partial charge on any atom is -0.402 e. The number of aromatic amines is 2. The van der Waals surface area contributed by atoms with E-state index in [-0.39, 0.29) is 28.8 Å². The molecule has 1 aliphatic carbocycles. The number of carbonyl (C=O) groups is 1. The average molecular weight is 417 g/mol. The third-order valence-electron chi connectivity index (χ3n) is 5.33. The van der Waals surface area contributed by atoms with Gasteiger partial charge in [0.2, 0.25) is 0 Å². The van der Waals surface area contributed by atoms with Gasteiger partial charge in [0.15, 0.2) is 0 Å². The number of carbonyl (C=O) groups excluding carboxylic acids is 1. The van der Waals surface area contributed by atoms with E-state index in [1.165, 1.54) is 18.3 Å². The van der Waals surface area contributed by atoms with Crippen molar-refractivity contribution in [3.63, 3.8) is 0 Å². The summed E-state index contributed by atoms with van der Waals surface area (Å²) in [7, 11) is 0. The van der Waals surface area contributed by atoms with E-state index in [1.54, 1.807) is 4.90 Å².